The molecule has 1 aliphatic heterocycles. The van der Waals surface area contributed by atoms with Gasteiger partial charge in [0, 0.05) is 43.6 Å². The first kappa shape index (κ1) is 23.1. The Balaban J connectivity index is 1.46. The smallest absolute Gasteiger partial charge is 0.267 e. The van der Waals surface area contributed by atoms with E-state index in [1.807, 2.05) is 24.3 Å². The van der Waals surface area contributed by atoms with Gasteiger partial charge in [0.25, 0.3) is 5.91 Å². The van der Waals surface area contributed by atoms with Crippen LogP contribution in [-0.4, -0.2) is 51.9 Å². The van der Waals surface area contributed by atoms with Crippen molar-refractivity contribution in [2.24, 2.45) is 0 Å². The molecule has 2 aromatic carbocycles. The predicted octanol–water partition coefficient (Wildman–Crippen LogP) is 3.80. The molecule has 0 saturated carbocycles. The second-order valence-electron chi connectivity index (χ2n) is 7.29. The molecule has 1 amide bonds. The number of nitrogens with zero attached hydrogens (tertiary/aromatic N) is 2. The van der Waals surface area contributed by atoms with Crippen molar-refractivity contribution in [3.63, 3.8) is 0 Å². The van der Waals surface area contributed by atoms with Crippen molar-refractivity contribution in [2.75, 3.05) is 43.5 Å². The Bertz CT molecular complexity index is 1250. The Labute approximate surface area is 194 Å². The van der Waals surface area contributed by atoms with E-state index in [-0.39, 0.29) is 28.5 Å². The summed E-state index contributed by atoms with van der Waals surface area (Å²) in [6, 6.07) is 11.9. The van der Waals surface area contributed by atoms with Crippen LogP contribution in [0.4, 0.5) is 20.2 Å². The number of sulfonamides is 1. The van der Waals surface area contributed by atoms with Crippen molar-refractivity contribution in [2.45, 2.75) is 4.90 Å². The van der Waals surface area contributed by atoms with E-state index in [0.29, 0.717) is 13.1 Å². The van der Waals surface area contributed by atoms with E-state index >= 15 is 0 Å². The molecule has 0 unspecified atom stereocenters. The molecule has 1 fully saturated rings. The number of piperazine rings is 1. The first-order valence-corrected chi connectivity index (χ1v) is 12.3. The molecular formula is C22H21F2N3O4S2. The fraction of sp³-hybridized carbons (Fsp3) is 0.227. The van der Waals surface area contributed by atoms with Gasteiger partial charge in [0.05, 0.1) is 7.11 Å². The SMILES string of the molecule is COc1ccc(N2CCN(S(=O)(=O)c3ccsc3C(=O)Nc3ccc(F)c(F)c3)CC2)cc1. The molecule has 7 nitrogen and oxygen atoms in total. The number of amides is 1. The van der Waals surface area contributed by atoms with Gasteiger partial charge in [0.1, 0.15) is 15.5 Å². The largest absolute Gasteiger partial charge is 0.497 e. The van der Waals surface area contributed by atoms with Crippen LogP contribution in [0.15, 0.2) is 58.8 Å². The van der Waals surface area contributed by atoms with E-state index in [1.54, 1.807) is 7.11 Å². The summed E-state index contributed by atoms with van der Waals surface area (Å²) >= 11 is 0.968. The zero-order valence-corrected chi connectivity index (χ0v) is 19.3. The molecule has 3 aromatic rings. The summed E-state index contributed by atoms with van der Waals surface area (Å²) in [6.07, 6.45) is 0. The molecule has 33 heavy (non-hydrogen) atoms. The zero-order chi connectivity index (χ0) is 23.6. The summed E-state index contributed by atoms with van der Waals surface area (Å²) in [7, 11) is -2.32. The fourth-order valence-electron chi connectivity index (χ4n) is 3.55. The van der Waals surface area contributed by atoms with E-state index in [1.165, 1.54) is 21.8 Å². The minimum Gasteiger partial charge on any atom is -0.497 e. The number of anilines is 2. The first-order chi connectivity index (χ1) is 15.8. The topological polar surface area (TPSA) is 79.0 Å². The van der Waals surface area contributed by atoms with Crippen LogP contribution in [0.25, 0.3) is 0 Å². The van der Waals surface area contributed by atoms with Gasteiger partial charge in [-0.3, -0.25) is 4.79 Å². The third kappa shape index (κ3) is 4.85. The van der Waals surface area contributed by atoms with Gasteiger partial charge in [-0.1, -0.05) is 0 Å². The molecule has 1 aromatic heterocycles. The third-order valence-corrected chi connectivity index (χ3v) is 8.29. The lowest BCUT2D eigenvalue weighted by atomic mass is 10.2. The van der Waals surface area contributed by atoms with E-state index < -0.39 is 27.6 Å². The number of thiophene rings is 1. The molecule has 1 aliphatic rings. The lowest BCUT2D eigenvalue weighted by molar-refractivity contribution is 0.102. The van der Waals surface area contributed by atoms with Crippen LogP contribution in [0.2, 0.25) is 0 Å². The molecule has 0 aliphatic carbocycles. The number of rotatable bonds is 6. The molecule has 2 heterocycles. The van der Waals surface area contributed by atoms with E-state index in [2.05, 4.69) is 10.2 Å². The van der Waals surface area contributed by atoms with Crippen molar-refractivity contribution < 1.29 is 26.7 Å². The van der Waals surface area contributed by atoms with Gasteiger partial charge in [-0.05, 0) is 47.8 Å². The normalized spacial score (nSPS) is 14.8. The van der Waals surface area contributed by atoms with E-state index in [0.717, 1.165) is 34.9 Å². The monoisotopic (exact) mass is 493 g/mol. The molecule has 0 radical (unpaired) electrons. The van der Waals surface area contributed by atoms with Crippen molar-refractivity contribution >= 4 is 38.6 Å². The number of benzene rings is 2. The summed E-state index contributed by atoms with van der Waals surface area (Å²) in [5.74, 6) is -2.11. The highest BCUT2D eigenvalue weighted by molar-refractivity contribution is 7.89. The average molecular weight is 494 g/mol. The maximum Gasteiger partial charge on any atom is 0.267 e. The number of ether oxygens (including phenoxy) is 1. The highest BCUT2D eigenvalue weighted by Gasteiger charge is 2.32. The van der Waals surface area contributed by atoms with Gasteiger partial charge >= 0.3 is 0 Å². The van der Waals surface area contributed by atoms with Crippen LogP contribution in [0, 0.1) is 11.6 Å². The number of nitrogens with one attached hydrogen (secondary N) is 1. The maximum atomic E-state index is 13.4. The van der Waals surface area contributed by atoms with Crippen LogP contribution >= 0.6 is 11.3 Å². The second-order valence-corrected chi connectivity index (χ2v) is 10.1. The van der Waals surface area contributed by atoms with Crippen molar-refractivity contribution in [1.82, 2.24) is 4.31 Å². The van der Waals surface area contributed by atoms with Crippen LogP contribution in [0.5, 0.6) is 5.75 Å². The van der Waals surface area contributed by atoms with Crippen molar-refractivity contribution in [3.05, 3.63) is 70.4 Å². The molecule has 11 heteroatoms. The van der Waals surface area contributed by atoms with Gasteiger partial charge in [-0.2, -0.15) is 4.31 Å². The van der Waals surface area contributed by atoms with Gasteiger partial charge < -0.3 is 15.0 Å². The highest BCUT2D eigenvalue weighted by Crippen LogP contribution is 2.28. The minimum atomic E-state index is -3.92. The first-order valence-electron chi connectivity index (χ1n) is 10.0. The Morgan fingerprint density at radius 1 is 1.00 bits per heavy atom. The molecule has 1 N–H and O–H groups in total. The lowest BCUT2D eigenvalue weighted by Gasteiger charge is -2.35. The van der Waals surface area contributed by atoms with Gasteiger partial charge in [-0.15, -0.1) is 11.3 Å². The Morgan fingerprint density at radius 2 is 1.70 bits per heavy atom. The van der Waals surface area contributed by atoms with E-state index in [4.69, 9.17) is 4.74 Å². The third-order valence-electron chi connectivity index (χ3n) is 5.31. The average Bonchev–Trinajstić information content (AvgIpc) is 3.33. The quantitative estimate of drug-likeness (QED) is 0.565. The predicted molar refractivity (Wildman–Crippen MR) is 123 cm³/mol. The number of carbonyl (C=O) groups is 1. The van der Waals surface area contributed by atoms with Crippen molar-refractivity contribution in [1.29, 1.82) is 0 Å². The molecule has 0 bridgehead atoms. The minimum absolute atomic E-state index is 0.0164. The Hall–Kier alpha value is -3.02. The lowest BCUT2D eigenvalue weighted by Crippen LogP contribution is -2.48. The maximum absolute atomic E-state index is 13.4. The Kier molecular flexibility index (Phi) is 6.63. The fourth-order valence-corrected chi connectivity index (χ4v) is 6.26. The summed E-state index contributed by atoms with van der Waals surface area (Å²) in [4.78, 5) is 14.6. The standard InChI is InChI=1S/C22H21F2N3O4S2/c1-31-17-5-3-16(4-6-17)26-9-11-27(12-10-26)33(29,30)20-8-13-32-21(20)22(28)25-15-2-7-18(23)19(24)14-15/h2-8,13-14H,9-12H2,1H3,(H,25,28). The van der Waals surface area contributed by atoms with Gasteiger partial charge in [0.15, 0.2) is 11.6 Å². The number of hydrogen-bond donors (Lipinski definition) is 1. The highest BCUT2D eigenvalue weighted by atomic mass is 32.2. The van der Waals surface area contributed by atoms with Gasteiger partial charge in [-0.25, -0.2) is 17.2 Å². The van der Waals surface area contributed by atoms with Crippen LogP contribution in [0.3, 0.4) is 0 Å². The van der Waals surface area contributed by atoms with Crippen molar-refractivity contribution in [3.8, 4) is 5.75 Å². The second kappa shape index (κ2) is 9.46. The molecule has 174 valence electrons. The molecule has 1 saturated heterocycles. The summed E-state index contributed by atoms with van der Waals surface area (Å²) in [5.41, 5.74) is 0.999. The number of hydrogen-bond acceptors (Lipinski definition) is 6. The van der Waals surface area contributed by atoms with E-state index in [9.17, 15) is 22.0 Å². The van der Waals surface area contributed by atoms with Crippen LogP contribution in [0.1, 0.15) is 9.67 Å². The molecule has 0 atom stereocenters. The zero-order valence-electron chi connectivity index (χ0n) is 17.6. The summed E-state index contributed by atoms with van der Waals surface area (Å²) < 4.78 is 59.6. The van der Waals surface area contributed by atoms with Crippen LogP contribution in [-0.2, 0) is 10.0 Å². The van der Waals surface area contributed by atoms with Gasteiger partial charge in [0.2, 0.25) is 10.0 Å². The summed E-state index contributed by atoms with van der Waals surface area (Å²) in [6.45, 7) is 1.50. The Morgan fingerprint density at radius 3 is 2.33 bits per heavy atom. The number of methoxy groups -OCH3 is 1. The van der Waals surface area contributed by atoms with Crippen LogP contribution < -0.4 is 15.0 Å². The molecule has 4 rings (SSSR count). The molecular weight excluding hydrogens is 472 g/mol. The summed E-state index contributed by atoms with van der Waals surface area (Å²) in [5, 5.41) is 3.94. The molecule has 0 spiro atoms. The number of carbonyl (C=O) groups excluding carboxylic acids is 1. The number of halogens is 2.